The van der Waals surface area contributed by atoms with Crippen LogP contribution in [0.15, 0.2) is 30.3 Å². The SMILES string of the molecule is Cn1c(C(=O)[C@@H](C#N)C(=O)NC2CCCC2)cc2ccccc21. The maximum Gasteiger partial charge on any atom is 0.245 e. The fraction of sp³-hybridized carbons (Fsp3) is 0.389. The van der Waals surface area contributed by atoms with E-state index in [1.165, 1.54) is 0 Å². The Morgan fingerprint density at radius 3 is 2.65 bits per heavy atom. The lowest BCUT2D eigenvalue weighted by atomic mass is 10.0. The van der Waals surface area contributed by atoms with Crippen molar-refractivity contribution in [2.75, 3.05) is 0 Å². The molecule has 3 rings (SSSR count). The maximum atomic E-state index is 12.7. The van der Waals surface area contributed by atoms with Crippen LogP contribution in [0.1, 0.15) is 36.2 Å². The van der Waals surface area contributed by atoms with Crippen LogP contribution in [0.25, 0.3) is 10.9 Å². The molecule has 1 aliphatic rings. The molecule has 0 radical (unpaired) electrons. The summed E-state index contributed by atoms with van der Waals surface area (Å²) in [5.41, 5.74) is 1.29. The first-order valence-electron chi connectivity index (χ1n) is 7.90. The third-order valence-electron chi connectivity index (χ3n) is 4.56. The van der Waals surface area contributed by atoms with Gasteiger partial charge < -0.3 is 9.88 Å². The number of nitrogens with zero attached hydrogens (tertiary/aromatic N) is 2. The fourth-order valence-corrected chi connectivity index (χ4v) is 3.26. The highest BCUT2D eigenvalue weighted by atomic mass is 16.2. The van der Waals surface area contributed by atoms with Crippen LogP contribution in [0.5, 0.6) is 0 Å². The number of aromatic nitrogens is 1. The van der Waals surface area contributed by atoms with Gasteiger partial charge in [0.05, 0.1) is 11.8 Å². The lowest BCUT2D eigenvalue weighted by molar-refractivity contribution is -0.122. The summed E-state index contributed by atoms with van der Waals surface area (Å²) in [4.78, 5) is 25.0. The van der Waals surface area contributed by atoms with Crippen molar-refractivity contribution in [3.05, 3.63) is 36.0 Å². The van der Waals surface area contributed by atoms with Crippen molar-refractivity contribution in [3.63, 3.8) is 0 Å². The van der Waals surface area contributed by atoms with Gasteiger partial charge in [-0.15, -0.1) is 0 Å². The van der Waals surface area contributed by atoms with Gasteiger partial charge in [-0.05, 0) is 25.0 Å². The van der Waals surface area contributed by atoms with E-state index in [-0.39, 0.29) is 6.04 Å². The number of fused-ring (bicyclic) bond motifs is 1. The van der Waals surface area contributed by atoms with E-state index < -0.39 is 17.6 Å². The van der Waals surface area contributed by atoms with Crippen LogP contribution in [0.4, 0.5) is 0 Å². The maximum absolute atomic E-state index is 12.7. The monoisotopic (exact) mass is 309 g/mol. The lowest BCUT2D eigenvalue weighted by Gasteiger charge is -2.14. The number of aryl methyl sites for hydroxylation is 1. The number of carbonyl (C=O) groups is 2. The normalized spacial score (nSPS) is 16.2. The molecule has 1 saturated carbocycles. The largest absolute Gasteiger partial charge is 0.352 e. The molecule has 1 amide bonds. The molecular formula is C18H19N3O2. The number of nitrogens with one attached hydrogen (secondary N) is 1. The van der Waals surface area contributed by atoms with Gasteiger partial charge in [-0.25, -0.2) is 0 Å². The molecule has 118 valence electrons. The Morgan fingerprint density at radius 2 is 2.00 bits per heavy atom. The number of hydrogen-bond donors (Lipinski definition) is 1. The molecule has 1 heterocycles. The van der Waals surface area contributed by atoms with Gasteiger partial charge in [-0.2, -0.15) is 5.26 Å². The summed E-state index contributed by atoms with van der Waals surface area (Å²) in [6.07, 6.45) is 4.01. The molecule has 1 aromatic carbocycles. The minimum Gasteiger partial charge on any atom is -0.352 e. The van der Waals surface area contributed by atoms with E-state index in [4.69, 9.17) is 0 Å². The van der Waals surface area contributed by atoms with E-state index in [1.807, 2.05) is 30.3 Å². The first kappa shape index (κ1) is 15.3. The van der Waals surface area contributed by atoms with Crippen LogP contribution in [0, 0.1) is 17.2 Å². The van der Waals surface area contributed by atoms with E-state index in [0.29, 0.717) is 5.69 Å². The molecule has 2 aromatic rings. The number of hydrogen-bond acceptors (Lipinski definition) is 3. The summed E-state index contributed by atoms with van der Waals surface area (Å²) in [6, 6.07) is 11.3. The van der Waals surface area contributed by atoms with Gasteiger partial charge in [-0.1, -0.05) is 31.0 Å². The molecule has 0 saturated heterocycles. The minimum atomic E-state index is -1.29. The summed E-state index contributed by atoms with van der Waals surface area (Å²) in [7, 11) is 1.78. The Kier molecular flexibility index (Phi) is 4.16. The Morgan fingerprint density at radius 1 is 1.30 bits per heavy atom. The number of nitriles is 1. The third-order valence-corrected chi connectivity index (χ3v) is 4.56. The average molecular weight is 309 g/mol. The Hall–Kier alpha value is -2.61. The van der Waals surface area contributed by atoms with Gasteiger partial charge >= 0.3 is 0 Å². The molecule has 1 N–H and O–H groups in total. The first-order chi connectivity index (χ1) is 11.1. The number of Topliss-reactive ketones (excluding diaryl/α,β-unsaturated/α-hetero) is 1. The Bertz CT molecular complexity index is 794. The third kappa shape index (κ3) is 2.85. The lowest BCUT2D eigenvalue weighted by Crippen LogP contribution is -2.40. The van der Waals surface area contributed by atoms with Gasteiger partial charge in [0.25, 0.3) is 0 Å². The Labute approximate surface area is 134 Å². The smallest absolute Gasteiger partial charge is 0.245 e. The summed E-state index contributed by atoms with van der Waals surface area (Å²) in [6.45, 7) is 0. The second kappa shape index (κ2) is 6.25. The summed E-state index contributed by atoms with van der Waals surface area (Å²) >= 11 is 0. The van der Waals surface area contributed by atoms with Crippen molar-refractivity contribution < 1.29 is 9.59 Å². The van der Waals surface area contributed by atoms with Gasteiger partial charge in [0.15, 0.2) is 5.92 Å². The number of ketones is 1. The van der Waals surface area contributed by atoms with Crippen molar-refractivity contribution in [2.24, 2.45) is 13.0 Å². The highest BCUT2D eigenvalue weighted by Crippen LogP contribution is 2.22. The molecule has 0 unspecified atom stereocenters. The molecular weight excluding hydrogens is 290 g/mol. The summed E-state index contributed by atoms with van der Waals surface area (Å²) in [5, 5.41) is 13.1. The first-order valence-corrected chi connectivity index (χ1v) is 7.90. The van der Waals surface area contributed by atoms with E-state index in [9.17, 15) is 14.9 Å². The molecule has 5 heteroatoms. The molecule has 5 nitrogen and oxygen atoms in total. The fourth-order valence-electron chi connectivity index (χ4n) is 3.26. The highest BCUT2D eigenvalue weighted by molar-refractivity contribution is 6.13. The quantitative estimate of drug-likeness (QED) is 0.696. The zero-order valence-corrected chi connectivity index (χ0v) is 13.1. The number of para-hydroxylation sites is 1. The van der Waals surface area contributed by atoms with Gasteiger partial charge in [0, 0.05) is 24.0 Å². The second-order valence-electron chi connectivity index (χ2n) is 6.06. The number of benzene rings is 1. The van der Waals surface area contributed by atoms with Gasteiger partial charge in [0.2, 0.25) is 11.7 Å². The summed E-state index contributed by atoms with van der Waals surface area (Å²) in [5.74, 6) is -2.21. The predicted molar refractivity (Wildman–Crippen MR) is 86.8 cm³/mol. The zero-order valence-electron chi connectivity index (χ0n) is 13.1. The van der Waals surface area contributed by atoms with E-state index in [0.717, 1.165) is 36.6 Å². The van der Waals surface area contributed by atoms with Crippen molar-refractivity contribution in [1.82, 2.24) is 9.88 Å². The average Bonchev–Trinajstić information content (AvgIpc) is 3.16. The van der Waals surface area contributed by atoms with Crippen molar-refractivity contribution in [1.29, 1.82) is 5.26 Å². The van der Waals surface area contributed by atoms with Crippen LogP contribution in [0.3, 0.4) is 0 Å². The van der Waals surface area contributed by atoms with Crippen molar-refractivity contribution in [2.45, 2.75) is 31.7 Å². The van der Waals surface area contributed by atoms with Crippen LogP contribution in [-0.4, -0.2) is 22.3 Å². The van der Waals surface area contributed by atoms with Crippen molar-refractivity contribution >= 4 is 22.6 Å². The Balaban J connectivity index is 1.85. The predicted octanol–water partition coefficient (Wildman–Crippen LogP) is 2.56. The molecule has 1 aromatic heterocycles. The summed E-state index contributed by atoms with van der Waals surface area (Å²) < 4.78 is 1.74. The molecule has 1 fully saturated rings. The second-order valence-corrected chi connectivity index (χ2v) is 6.06. The standard InChI is InChI=1S/C18H19N3O2/c1-21-15-9-5-2-6-12(15)10-16(21)17(22)14(11-19)18(23)20-13-7-3-4-8-13/h2,5-6,9-10,13-14H,3-4,7-8H2,1H3,(H,20,23)/t14-/m1/s1. The van der Waals surface area contributed by atoms with Gasteiger partial charge in [0.1, 0.15) is 0 Å². The number of rotatable bonds is 4. The zero-order chi connectivity index (χ0) is 16.4. The van der Waals surface area contributed by atoms with Crippen LogP contribution < -0.4 is 5.32 Å². The van der Waals surface area contributed by atoms with Gasteiger partial charge in [-0.3, -0.25) is 9.59 Å². The van der Waals surface area contributed by atoms with E-state index in [2.05, 4.69) is 5.32 Å². The topological polar surface area (TPSA) is 74.9 Å². The van der Waals surface area contributed by atoms with Crippen LogP contribution in [-0.2, 0) is 11.8 Å². The molecule has 1 atom stereocenters. The molecule has 23 heavy (non-hydrogen) atoms. The molecule has 0 spiro atoms. The molecule has 0 aliphatic heterocycles. The van der Waals surface area contributed by atoms with E-state index >= 15 is 0 Å². The minimum absolute atomic E-state index is 0.0960. The van der Waals surface area contributed by atoms with Crippen molar-refractivity contribution in [3.8, 4) is 6.07 Å². The number of amides is 1. The van der Waals surface area contributed by atoms with Crippen LogP contribution in [0.2, 0.25) is 0 Å². The highest BCUT2D eigenvalue weighted by Gasteiger charge is 2.31. The van der Waals surface area contributed by atoms with E-state index in [1.54, 1.807) is 17.7 Å². The molecule has 1 aliphatic carbocycles. The molecule has 0 bridgehead atoms. The van der Waals surface area contributed by atoms with Crippen LogP contribution >= 0.6 is 0 Å². The number of carbonyl (C=O) groups excluding carboxylic acids is 2.